The van der Waals surface area contributed by atoms with E-state index in [0.29, 0.717) is 0 Å². The summed E-state index contributed by atoms with van der Waals surface area (Å²) >= 11 is 0. The van der Waals surface area contributed by atoms with Gasteiger partial charge in [0.25, 0.3) is 5.69 Å². The maximum atomic E-state index is 12.4. The molecular formula is C23H27F3N7O15P3. The number of ether oxygens (including phenoxy) is 1. The summed E-state index contributed by atoms with van der Waals surface area (Å²) in [5.41, 5.74) is 4.63. The van der Waals surface area contributed by atoms with E-state index in [-0.39, 0.29) is 35.8 Å². The van der Waals surface area contributed by atoms with E-state index in [1.807, 2.05) is 0 Å². The van der Waals surface area contributed by atoms with Gasteiger partial charge in [0.05, 0.1) is 24.2 Å². The third-order valence-electron chi connectivity index (χ3n) is 7.25. The number of aliphatic hydroxyl groups is 1. The van der Waals surface area contributed by atoms with Gasteiger partial charge in [0.1, 0.15) is 31.1 Å². The highest BCUT2D eigenvalue weighted by Crippen LogP contribution is 2.66. The van der Waals surface area contributed by atoms with Crippen molar-refractivity contribution < 1.29 is 79.1 Å². The van der Waals surface area contributed by atoms with Crippen molar-refractivity contribution in [2.24, 2.45) is 20.7 Å². The summed E-state index contributed by atoms with van der Waals surface area (Å²) in [5, 5.41) is 24.1. The van der Waals surface area contributed by atoms with Gasteiger partial charge in [-0.15, -0.1) is 0 Å². The fourth-order valence-corrected chi connectivity index (χ4v) is 7.96. The van der Waals surface area contributed by atoms with Crippen LogP contribution in [0.5, 0.6) is 0 Å². The Hall–Kier alpha value is -3.46. The molecule has 8 N–H and O–H groups in total. The molecule has 1 saturated heterocycles. The van der Waals surface area contributed by atoms with E-state index in [9.17, 15) is 56.7 Å². The number of fused-ring (bicyclic) bond motifs is 1. The van der Waals surface area contributed by atoms with Crippen LogP contribution in [0.1, 0.15) is 30.4 Å². The molecule has 0 saturated carbocycles. The lowest BCUT2D eigenvalue weighted by atomic mass is 9.82. The summed E-state index contributed by atoms with van der Waals surface area (Å²) in [7, 11) is -16.9. The van der Waals surface area contributed by atoms with Crippen LogP contribution < -0.4 is 11.1 Å². The van der Waals surface area contributed by atoms with Crippen LogP contribution in [0.25, 0.3) is 0 Å². The van der Waals surface area contributed by atoms with E-state index >= 15 is 0 Å². The van der Waals surface area contributed by atoms with Crippen molar-refractivity contribution in [1.82, 2.24) is 10.2 Å². The van der Waals surface area contributed by atoms with Gasteiger partial charge >= 0.3 is 35.6 Å². The number of carbonyl (C=O) groups excluding carboxylic acids is 1. The van der Waals surface area contributed by atoms with Gasteiger partial charge in [-0.1, -0.05) is 24.8 Å². The van der Waals surface area contributed by atoms with Gasteiger partial charge in [-0.3, -0.25) is 24.4 Å². The molecule has 3 heterocycles. The summed E-state index contributed by atoms with van der Waals surface area (Å²) < 4.78 is 89.1. The third kappa shape index (κ3) is 9.91. The minimum atomic E-state index is -5.78. The molecule has 1 aromatic carbocycles. The lowest BCUT2D eigenvalue weighted by Gasteiger charge is -2.35. The quantitative estimate of drug-likeness (QED) is 0.0650. The van der Waals surface area contributed by atoms with Gasteiger partial charge in [-0.25, -0.2) is 23.7 Å². The number of amides is 1. The zero-order valence-electron chi connectivity index (χ0n) is 25.6. The Morgan fingerprint density at radius 2 is 1.94 bits per heavy atom. The number of alkyl halides is 3. The predicted octanol–water partition coefficient (Wildman–Crippen LogP) is 0.357. The van der Waals surface area contributed by atoms with Crippen molar-refractivity contribution in [2.75, 3.05) is 19.8 Å². The second-order valence-electron chi connectivity index (χ2n) is 10.7. The molecule has 0 bridgehead atoms. The van der Waals surface area contributed by atoms with Gasteiger partial charge < -0.3 is 45.4 Å². The molecule has 3 aliphatic heterocycles. The summed E-state index contributed by atoms with van der Waals surface area (Å²) in [4.78, 5) is 72.8. The van der Waals surface area contributed by atoms with E-state index in [1.54, 1.807) is 5.32 Å². The van der Waals surface area contributed by atoms with Crippen molar-refractivity contribution in [3.05, 3.63) is 39.4 Å². The molecule has 1 amide bonds. The Kier molecular flexibility index (Phi) is 11.8. The molecule has 0 aliphatic carbocycles. The van der Waals surface area contributed by atoms with Crippen LogP contribution >= 0.6 is 23.5 Å². The number of rotatable bonds is 12. The summed E-state index contributed by atoms with van der Waals surface area (Å²) in [6.07, 6.45) is -7.99. The number of hydrogen-bond donors (Lipinski definition) is 7. The number of phosphoric ester groups is 1. The summed E-state index contributed by atoms with van der Waals surface area (Å²) in [6, 6.07) is 3.73. The number of benzene rings is 1. The van der Waals surface area contributed by atoms with Crippen LogP contribution in [0.4, 0.5) is 18.9 Å². The maximum absolute atomic E-state index is 12.4. The van der Waals surface area contributed by atoms with Crippen LogP contribution in [0.2, 0.25) is 0 Å². The zero-order chi connectivity index (χ0) is 38.2. The molecule has 1 aromatic rings. The van der Waals surface area contributed by atoms with Gasteiger partial charge in [0.15, 0.2) is 11.5 Å². The van der Waals surface area contributed by atoms with Crippen LogP contribution in [0.3, 0.4) is 0 Å². The lowest BCUT2D eigenvalue weighted by Crippen LogP contribution is -2.57. The standard InChI is InChI=1S/C23H27F3N7O15P3/c1-12(14-5-4-13(7-15(14)33(36)37)3-2-6-28-21(35)23(24,25)26)22(27)19-20(29-10-31-22)32(11-30-19)18-8-16(34)17(46-18)9-45-50(41,42)48-51(43,44)47-49(38,39)40/h4-5,7,10,12,16-18,34H,6,8-9,11,27H2,1H3,(H,28,35)(H,41,42)(H,43,44)(H2,38,39,40)/t12?,16-,17+,18+,22?/m0/s1. The Morgan fingerprint density at radius 3 is 2.57 bits per heavy atom. The Morgan fingerprint density at radius 1 is 1.25 bits per heavy atom. The lowest BCUT2D eigenvalue weighted by molar-refractivity contribution is -0.385. The number of nitrogens with one attached hydrogen (secondary N) is 1. The normalized spacial score (nSPS) is 26.2. The molecule has 1 fully saturated rings. The van der Waals surface area contributed by atoms with Crippen LogP contribution in [0.15, 0.2) is 33.2 Å². The highest BCUT2D eigenvalue weighted by atomic mass is 31.3. The van der Waals surface area contributed by atoms with Gasteiger partial charge in [0, 0.05) is 29.5 Å². The Balaban J connectivity index is 1.44. The number of amidine groups is 1. The van der Waals surface area contributed by atoms with Crippen molar-refractivity contribution in [3.8, 4) is 11.8 Å². The Labute approximate surface area is 283 Å². The molecule has 51 heavy (non-hydrogen) atoms. The number of nitro groups is 1. The molecule has 22 nitrogen and oxygen atoms in total. The SMILES string of the molecule is CC(c1ccc(C#CCNC(=O)C(F)(F)F)cc1[N+](=O)[O-])C1(N)N=CN=C2C1=NCN2[C@H]1C[C@H](O)[C@@H](COP(=O)(O)OP(=O)(O)OP(=O)(O)O)O1. The van der Waals surface area contributed by atoms with Crippen molar-refractivity contribution >= 4 is 52.9 Å². The molecule has 0 spiro atoms. The summed E-state index contributed by atoms with van der Waals surface area (Å²) in [5.74, 6) is 1.63. The fraction of sp³-hybridized carbons (Fsp3) is 0.478. The largest absolute Gasteiger partial charge is 0.490 e. The van der Waals surface area contributed by atoms with E-state index in [0.717, 1.165) is 12.4 Å². The van der Waals surface area contributed by atoms with Crippen LogP contribution in [-0.4, -0.2) is 108 Å². The molecule has 4 rings (SSSR count). The van der Waals surface area contributed by atoms with Crippen LogP contribution in [0, 0.1) is 22.0 Å². The zero-order valence-corrected chi connectivity index (χ0v) is 28.2. The second-order valence-corrected chi connectivity index (χ2v) is 15.1. The van der Waals surface area contributed by atoms with E-state index in [4.69, 9.17) is 20.3 Å². The topological polar surface area (TPSA) is 328 Å². The van der Waals surface area contributed by atoms with Crippen molar-refractivity contribution in [1.29, 1.82) is 0 Å². The number of carbonyl (C=O) groups is 1. The van der Waals surface area contributed by atoms with E-state index in [2.05, 4.69) is 40.0 Å². The first kappa shape index (κ1) is 40.3. The number of halogens is 3. The van der Waals surface area contributed by atoms with Gasteiger partial charge in [0.2, 0.25) is 0 Å². The molecule has 0 aromatic heterocycles. The monoisotopic (exact) mass is 791 g/mol. The smallest absolute Gasteiger partial charge is 0.390 e. The maximum Gasteiger partial charge on any atom is 0.490 e. The van der Waals surface area contributed by atoms with E-state index < -0.39 is 89.3 Å². The molecule has 4 unspecified atom stereocenters. The van der Waals surface area contributed by atoms with E-state index in [1.165, 1.54) is 24.0 Å². The van der Waals surface area contributed by atoms with Crippen LogP contribution in [-0.2, 0) is 36.4 Å². The third-order valence-corrected chi connectivity index (χ3v) is 11.0. The average Bonchev–Trinajstić information content (AvgIpc) is 3.59. The number of phosphoric acid groups is 3. The first-order valence-electron chi connectivity index (χ1n) is 13.9. The first-order valence-corrected chi connectivity index (χ1v) is 18.4. The summed E-state index contributed by atoms with van der Waals surface area (Å²) in [6.45, 7) is -0.272. The minimum absolute atomic E-state index is 0.0446. The fourth-order valence-electron chi connectivity index (χ4n) is 4.93. The molecular weight excluding hydrogens is 764 g/mol. The van der Waals surface area contributed by atoms with Gasteiger partial charge in [-0.2, -0.15) is 21.8 Å². The molecule has 3 aliphatic rings. The number of nitrogens with two attached hydrogens (primary N) is 1. The average molecular weight is 791 g/mol. The number of hydrogen-bond acceptors (Lipinski definition) is 16. The highest BCUT2D eigenvalue weighted by Gasteiger charge is 2.50. The van der Waals surface area contributed by atoms with Crippen molar-refractivity contribution in [2.45, 2.75) is 49.5 Å². The first-order chi connectivity index (χ1) is 23.4. The number of aliphatic imine (C=N–C) groups is 3. The Bertz CT molecular complexity index is 1880. The molecule has 280 valence electrons. The number of nitro benzene ring substituents is 1. The van der Waals surface area contributed by atoms with Gasteiger partial charge in [-0.05, 0) is 6.07 Å². The van der Waals surface area contributed by atoms with Crippen molar-refractivity contribution in [3.63, 3.8) is 0 Å². The minimum Gasteiger partial charge on any atom is -0.390 e. The highest BCUT2D eigenvalue weighted by molar-refractivity contribution is 7.66. The molecule has 7 atom stereocenters. The second kappa shape index (κ2) is 14.9. The molecule has 28 heteroatoms. The number of nitrogens with zero attached hydrogens (tertiary/aromatic N) is 5. The number of aliphatic hydroxyl groups excluding tert-OH is 1. The molecule has 0 radical (unpaired) electrons. The predicted molar refractivity (Wildman–Crippen MR) is 164 cm³/mol.